The van der Waals surface area contributed by atoms with Crippen molar-refractivity contribution in [1.29, 1.82) is 0 Å². The van der Waals surface area contributed by atoms with E-state index in [4.69, 9.17) is 5.73 Å². The molecule has 1 aromatic rings. The van der Waals surface area contributed by atoms with Gasteiger partial charge in [0.15, 0.2) is 0 Å². The van der Waals surface area contributed by atoms with Crippen molar-refractivity contribution in [3.8, 4) is 0 Å². The average molecular weight is 220 g/mol. The maximum absolute atomic E-state index is 9.71. The maximum Gasteiger partial charge on any atom is 0.0602 e. The standard InChI is InChI=1S/C13H20N2O/c1-9-3-4-11(14)12(7-9)15-6-5-13(16)10(2)8-15/h3-4,7,10,13,16H,5-6,8,14H2,1-2H3. The molecular formula is C13H20N2O. The minimum atomic E-state index is -0.165. The van der Waals surface area contributed by atoms with E-state index in [1.165, 1.54) is 5.56 Å². The number of piperidine rings is 1. The number of nitrogens with zero attached hydrogens (tertiary/aromatic N) is 1. The second-order valence-corrected chi connectivity index (χ2v) is 4.84. The van der Waals surface area contributed by atoms with E-state index in [0.717, 1.165) is 30.9 Å². The van der Waals surface area contributed by atoms with Gasteiger partial charge in [0.1, 0.15) is 0 Å². The lowest BCUT2D eigenvalue weighted by molar-refractivity contribution is 0.0971. The highest BCUT2D eigenvalue weighted by molar-refractivity contribution is 5.68. The molecule has 0 amide bonds. The topological polar surface area (TPSA) is 49.5 Å². The van der Waals surface area contributed by atoms with Gasteiger partial charge in [-0.15, -0.1) is 0 Å². The minimum absolute atomic E-state index is 0.165. The van der Waals surface area contributed by atoms with Crippen molar-refractivity contribution in [2.45, 2.75) is 26.4 Å². The fourth-order valence-electron chi connectivity index (χ4n) is 2.28. The first-order valence-electron chi connectivity index (χ1n) is 5.87. The summed E-state index contributed by atoms with van der Waals surface area (Å²) >= 11 is 0. The largest absolute Gasteiger partial charge is 0.397 e. The van der Waals surface area contributed by atoms with Crippen molar-refractivity contribution < 1.29 is 5.11 Å². The number of aryl methyl sites for hydroxylation is 1. The normalized spacial score (nSPS) is 25.8. The van der Waals surface area contributed by atoms with Gasteiger partial charge in [-0.3, -0.25) is 0 Å². The Balaban J connectivity index is 2.21. The molecule has 2 atom stereocenters. The Kier molecular flexibility index (Phi) is 3.06. The van der Waals surface area contributed by atoms with Crippen LogP contribution in [0.1, 0.15) is 18.9 Å². The zero-order valence-electron chi connectivity index (χ0n) is 9.98. The van der Waals surface area contributed by atoms with Gasteiger partial charge in [0.25, 0.3) is 0 Å². The third-order valence-corrected chi connectivity index (χ3v) is 3.39. The number of hydrogen-bond acceptors (Lipinski definition) is 3. The van der Waals surface area contributed by atoms with Crippen LogP contribution in [0.25, 0.3) is 0 Å². The van der Waals surface area contributed by atoms with E-state index < -0.39 is 0 Å². The van der Waals surface area contributed by atoms with E-state index in [0.29, 0.717) is 5.92 Å². The molecule has 1 aliphatic rings. The van der Waals surface area contributed by atoms with Crippen LogP contribution in [0, 0.1) is 12.8 Å². The van der Waals surface area contributed by atoms with Crippen LogP contribution in [0.5, 0.6) is 0 Å². The Hall–Kier alpha value is -1.22. The molecule has 1 fully saturated rings. The maximum atomic E-state index is 9.71. The molecule has 0 saturated carbocycles. The van der Waals surface area contributed by atoms with Crippen LogP contribution in [0.4, 0.5) is 11.4 Å². The van der Waals surface area contributed by atoms with Gasteiger partial charge >= 0.3 is 0 Å². The number of nitrogens with two attached hydrogens (primary N) is 1. The van der Waals surface area contributed by atoms with Crippen LogP contribution in [-0.2, 0) is 0 Å². The van der Waals surface area contributed by atoms with Gasteiger partial charge in [-0.25, -0.2) is 0 Å². The number of anilines is 2. The average Bonchev–Trinajstić information content (AvgIpc) is 2.26. The van der Waals surface area contributed by atoms with Gasteiger partial charge in [0.2, 0.25) is 0 Å². The first-order valence-corrected chi connectivity index (χ1v) is 5.87. The third kappa shape index (κ3) is 2.14. The van der Waals surface area contributed by atoms with Crippen LogP contribution >= 0.6 is 0 Å². The number of rotatable bonds is 1. The van der Waals surface area contributed by atoms with Gasteiger partial charge in [-0.2, -0.15) is 0 Å². The molecule has 0 aromatic heterocycles. The second-order valence-electron chi connectivity index (χ2n) is 4.84. The van der Waals surface area contributed by atoms with Gasteiger partial charge < -0.3 is 15.7 Å². The summed E-state index contributed by atoms with van der Waals surface area (Å²) in [6.07, 6.45) is 0.663. The first-order chi connectivity index (χ1) is 7.58. The van der Waals surface area contributed by atoms with Crippen molar-refractivity contribution in [3.05, 3.63) is 23.8 Å². The number of hydrogen-bond donors (Lipinski definition) is 2. The van der Waals surface area contributed by atoms with E-state index >= 15 is 0 Å². The summed E-state index contributed by atoms with van der Waals surface area (Å²) in [4.78, 5) is 2.28. The Morgan fingerprint density at radius 1 is 1.44 bits per heavy atom. The molecule has 3 heteroatoms. The summed E-state index contributed by atoms with van der Waals surface area (Å²) in [7, 11) is 0. The lowest BCUT2D eigenvalue weighted by Crippen LogP contribution is -2.42. The fraction of sp³-hybridized carbons (Fsp3) is 0.538. The Morgan fingerprint density at radius 3 is 2.88 bits per heavy atom. The number of benzene rings is 1. The molecule has 2 rings (SSSR count). The van der Waals surface area contributed by atoms with Gasteiger partial charge in [-0.1, -0.05) is 13.0 Å². The molecule has 2 unspecified atom stereocenters. The van der Waals surface area contributed by atoms with Crippen LogP contribution in [0.2, 0.25) is 0 Å². The SMILES string of the molecule is Cc1ccc(N)c(N2CCC(O)C(C)C2)c1. The monoisotopic (exact) mass is 220 g/mol. The molecule has 0 radical (unpaired) electrons. The van der Waals surface area contributed by atoms with Crippen LogP contribution in [0.15, 0.2) is 18.2 Å². The highest BCUT2D eigenvalue weighted by Crippen LogP contribution is 2.28. The van der Waals surface area contributed by atoms with Crippen molar-refractivity contribution in [2.24, 2.45) is 5.92 Å². The first kappa shape index (κ1) is 11.3. The van der Waals surface area contributed by atoms with Crippen molar-refractivity contribution in [2.75, 3.05) is 23.7 Å². The Labute approximate surface area is 96.9 Å². The van der Waals surface area contributed by atoms with Gasteiger partial charge in [0, 0.05) is 13.1 Å². The van der Waals surface area contributed by atoms with Crippen molar-refractivity contribution in [1.82, 2.24) is 0 Å². The molecule has 0 spiro atoms. The number of aliphatic hydroxyl groups is 1. The van der Waals surface area contributed by atoms with Crippen LogP contribution in [0.3, 0.4) is 0 Å². The molecule has 88 valence electrons. The summed E-state index contributed by atoms with van der Waals surface area (Å²) < 4.78 is 0. The molecule has 1 heterocycles. The summed E-state index contributed by atoms with van der Waals surface area (Å²) in [5.74, 6) is 0.314. The van der Waals surface area contributed by atoms with Crippen LogP contribution in [-0.4, -0.2) is 24.3 Å². The minimum Gasteiger partial charge on any atom is -0.397 e. The number of aliphatic hydroxyl groups excluding tert-OH is 1. The number of nitrogen functional groups attached to an aromatic ring is 1. The zero-order chi connectivity index (χ0) is 11.7. The molecule has 0 aliphatic carbocycles. The molecule has 3 nitrogen and oxygen atoms in total. The Bertz CT molecular complexity index is 378. The summed E-state index contributed by atoms with van der Waals surface area (Å²) in [6, 6.07) is 6.11. The van der Waals surface area contributed by atoms with Gasteiger partial charge in [-0.05, 0) is 37.0 Å². The molecule has 1 aliphatic heterocycles. The van der Waals surface area contributed by atoms with Crippen LogP contribution < -0.4 is 10.6 Å². The quantitative estimate of drug-likeness (QED) is 0.709. The lowest BCUT2D eigenvalue weighted by atomic mass is 9.96. The fourth-order valence-corrected chi connectivity index (χ4v) is 2.28. The summed E-state index contributed by atoms with van der Waals surface area (Å²) in [5.41, 5.74) is 9.16. The highest BCUT2D eigenvalue weighted by atomic mass is 16.3. The van der Waals surface area contributed by atoms with E-state index in [1.807, 2.05) is 12.1 Å². The Morgan fingerprint density at radius 2 is 2.19 bits per heavy atom. The van der Waals surface area contributed by atoms with Gasteiger partial charge in [0.05, 0.1) is 17.5 Å². The molecular weight excluding hydrogens is 200 g/mol. The molecule has 0 bridgehead atoms. The highest BCUT2D eigenvalue weighted by Gasteiger charge is 2.25. The van der Waals surface area contributed by atoms with E-state index in [1.54, 1.807) is 0 Å². The predicted molar refractivity (Wildman–Crippen MR) is 67.6 cm³/mol. The predicted octanol–water partition coefficient (Wildman–Crippen LogP) is 1.78. The molecule has 1 saturated heterocycles. The molecule has 1 aromatic carbocycles. The third-order valence-electron chi connectivity index (χ3n) is 3.39. The zero-order valence-corrected chi connectivity index (χ0v) is 9.98. The summed E-state index contributed by atoms with van der Waals surface area (Å²) in [5, 5.41) is 9.71. The lowest BCUT2D eigenvalue weighted by Gasteiger charge is -2.36. The smallest absolute Gasteiger partial charge is 0.0602 e. The summed E-state index contributed by atoms with van der Waals surface area (Å²) in [6.45, 7) is 5.93. The van der Waals surface area contributed by atoms with E-state index in [9.17, 15) is 5.11 Å². The molecule has 3 N–H and O–H groups in total. The van der Waals surface area contributed by atoms with E-state index in [2.05, 4.69) is 24.8 Å². The van der Waals surface area contributed by atoms with E-state index in [-0.39, 0.29) is 6.10 Å². The molecule has 16 heavy (non-hydrogen) atoms. The second kappa shape index (κ2) is 4.34. The van der Waals surface area contributed by atoms with Crippen molar-refractivity contribution >= 4 is 11.4 Å². The van der Waals surface area contributed by atoms with Crippen molar-refractivity contribution in [3.63, 3.8) is 0 Å².